The molecule has 86 valence electrons. The normalized spacial score (nSPS) is 15.3. The van der Waals surface area contributed by atoms with Gasteiger partial charge in [-0.3, -0.25) is 0 Å². The predicted octanol–water partition coefficient (Wildman–Crippen LogP) is 1.14. The molecule has 1 saturated heterocycles. The lowest BCUT2D eigenvalue weighted by atomic mass is 10.1. The molecule has 0 radical (unpaired) electrons. The highest BCUT2D eigenvalue weighted by molar-refractivity contribution is 7.80. The Kier molecular flexibility index (Phi) is 3.74. The molecule has 1 aromatic rings. The molecule has 0 bridgehead atoms. The molecule has 1 heterocycles. The standard InChI is InChI=1S/C12H17N3S/c1-13-6-5-10-3-2-4-11(9-10)15-8-7-14-12(15)16/h2-4,9,13H,5-8H2,1H3,(H,14,16). The van der Waals surface area contributed by atoms with Crippen LogP contribution in [-0.4, -0.2) is 31.8 Å². The van der Waals surface area contributed by atoms with Gasteiger partial charge in [-0.25, -0.2) is 0 Å². The van der Waals surface area contributed by atoms with Crippen LogP contribution in [0.15, 0.2) is 24.3 Å². The maximum absolute atomic E-state index is 5.26. The molecule has 2 N–H and O–H groups in total. The third kappa shape index (κ3) is 2.51. The number of benzene rings is 1. The number of nitrogens with zero attached hydrogens (tertiary/aromatic N) is 1. The fourth-order valence-corrected chi connectivity index (χ4v) is 2.17. The Morgan fingerprint density at radius 1 is 1.50 bits per heavy atom. The summed E-state index contributed by atoms with van der Waals surface area (Å²) in [6.07, 6.45) is 1.05. The van der Waals surface area contributed by atoms with E-state index < -0.39 is 0 Å². The molecule has 0 aliphatic carbocycles. The van der Waals surface area contributed by atoms with Crippen molar-refractivity contribution in [3.8, 4) is 0 Å². The zero-order valence-electron chi connectivity index (χ0n) is 9.49. The second-order valence-corrected chi connectivity index (χ2v) is 4.29. The maximum atomic E-state index is 5.26. The van der Waals surface area contributed by atoms with Crippen LogP contribution in [0, 0.1) is 0 Å². The molecule has 1 aromatic carbocycles. The van der Waals surface area contributed by atoms with Gasteiger partial charge in [0.05, 0.1) is 0 Å². The highest BCUT2D eigenvalue weighted by Crippen LogP contribution is 2.18. The lowest BCUT2D eigenvalue weighted by Crippen LogP contribution is -2.27. The van der Waals surface area contributed by atoms with Crippen LogP contribution in [0.4, 0.5) is 5.69 Å². The molecule has 0 atom stereocenters. The van der Waals surface area contributed by atoms with Crippen LogP contribution in [-0.2, 0) is 6.42 Å². The van der Waals surface area contributed by atoms with Gasteiger partial charge in [0.15, 0.2) is 5.11 Å². The summed E-state index contributed by atoms with van der Waals surface area (Å²) >= 11 is 5.26. The number of likely N-dealkylation sites (N-methyl/N-ethyl adjacent to an activating group) is 1. The molecule has 3 nitrogen and oxygen atoms in total. The zero-order chi connectivity index (χ0) is 11.4. The van der Waals surface area contributed by atoms with Crippen LogP contribution in [0.1, 0.15) is 5.56 Å². The lowest BCUT2D eigenvalue weighted by molar-refractivity contribution is 0.791. The van der Waals surface area contributed by atoms with Crippen LogP contribution in [0.25, 0.3) is 0 Å². The highest BCUT2D eigenvalue weighted by atomic mass is 32.1. The molecule has 2 rings (SSSR count). The van der Waals surface area contributed by atoms with E-state index in [1.54, 1.807) is 0 Å². The molecule has 0 aromatic heterocycles. The Bertz CT molecular complexity index is 378. The number of rotatable bonds is 4. The number of hydrogen-bond donors (Lipinski definition) is 2. The molecule has 4 heteroatoms. The van der Waals surface area contributed by atoms with Crippen molar-refractivity contribution in [3.05, 3.63) is 29.8 Å². The summed E-state index contributed by atoms with van der Waals surface area (Å²) < 4.78 is 0. The molecule has 0 amide bonds. The lowest BCUT2D eigenvalue weighted by Gasteiger charge is -2.17. The van der Waals surface area contributed by atoms with Crippen molar-refractivity contribution < 1.29 is 0 Å². The Morgan fingerprint density at radius 2 is 2.38 bits per heavy atom. The van der Waals surface area contributed by atoms with Crippen LogP contribution in [0.5, 0.6) is 0 Å². The average Bonchev–Trinajstić information content (AvgIpc) is 2.73. The molecule has 16 heavy (non-hydrogen) atoms. The van der Waals surface area contributed by atoms with Crippen molar-refractivity contribution in [2.24, 2.45) is 0 Å². The van der Waals surface area contributed by atoms with Crippen molar-refractivity contribution in [2.75, 3.05) is 31.6 Å². The Hall–Kier alpha value is -1.13. The fraction of sp³-hybridized carbons (Fsp3) is 0.417. The van der Waals surface area contributed by atoms with Gasteiger partial charge in [0.2, 0.25) is 0 Å². The molecular formula is C12H17N3S. The van der Waals surface area contributed by atoms with Gasteiger partial charge in [0.25, 0.3) is 0 Å². The molecule has 0 unspecified atom stereocenters. The number of thiocarbonyl (C=S) groups is 1. The molecule has 1 aliphatic rings. The van der Waals surface area contributed by atoms with E-state index in [-0.39, 0.29) is 0 Å². The number of anilines is 1. The van der Waals surface area contributed by atoms with E-state index in [0.717, 1.165) is 31.2 Å². The molecular weight excluding hydrogens is 218 g/mol. The minimum Gasteiger partial charge on any atom is -0.360 e. The first-order valence-electron chi connectivity index (χ1n) is 5.60. The zero-order valence-corrected chi connectivity index (χ0v) is 10.3. The van der Waals surface area contributed by atoms with Gasteiger partial charge in [-0.1, -0.05) is 12.1 Å². The van der Waals surface area contributed by atoms with Crippen molar-refractivity contribution in [1.82, 2.24) is 10.6 Å². The van der Waals surface area contributed by atoms with Crippen molar-refractivity contribution in [3.63, 3.8) is 0 Å². The largest absolute Gasteiger partial charge is 0.360 e. The molecule has 1 fully saturated rings. The Balaban J connectivity index is 2.12. The quantitative estimate of drug-likeness (QED) is 0.766. The second kappa shape index (κ2) is 5.27. The van der Waals surface area contributed by atoms with E-state index >= 15 is 0 Å². The second-order valence-electron chi connectivity index (χ2n) is 3.91. The van der Waals surface area contributed by atoms with Gasteiger partial charge in [0.1, 0.15) is 0 Å². The van der Waals surface area contributed by atoms with Crippen LogP contribution in [0.3, 0.4) is 0 Å². The van der Waals surface area contributed by atoms with Crippen LogP contribution in [0.2, 0.25) is 0 Å². The van der Waals surface area contributed by atoms with Gasteiger partial charge in [-0.2, -0.15) is 0 Å². The van der Waals surface area contributed by atoms with Gasteiger partial charge in [-0.15, -0.1) is 0 Å². The summed E-state index contributed by atoms with van der Waals surface area (Å²) in [5.41, 5.74) is 2.55. The van der Waals surface area contributed by atoms with E-state index in [4.69, 9.17) is 12.2 Å². The first kappa shape index (κ1) is 11.4. The van der Waals surface area contributed by atoms with E-state index in [9.17, 15) is 0 Å². The van der Waals surface area contributed by atoms with Gasteiger partial charge >= 0.3 is 0 Å². The highest BCUT2D eigenvalue weighted by Gasteiger charge is 2.17. The third-order valence-electron chi connectivity index (χ3n) is 2.74. The smallest absolute Gasteiger partial charge is 0.173 e. The van der Waals surface area contributed by atoms with E-state index in [0.29, 0.717) is 0 Å². The minimum atomic E-state index is 0.839. The van der Waals surface area contributed by atoms with E-state index in [1.165, 1.54) is 11.3 Å². The van der Waals surface area contributed by atoms with E-state index in [2.05, 4.69) is 39.8 Å². The predicted molar refractivity (Wildman–Crippen MR) is 72.0 cm³/mol. The summed E-state index contributed by atoms with van der Waals surface area (Å²) in [5, 5.41) is 7.18. The molecule has 0 spiro atoms. The Labute approximate surface area is 102 Å². The van der Waals surface area contributed by atoms with Gasteiger partial charge in [0, 0.05) is 18.8 Å². The summed E-state index contributed by atoms with van der Waals surface area (Å²) in [7, 11) is 1.98. The van der Waals surface area contributed by atoms with Gasteiger partial charge < -0.3 is 15.5 Å². The molecule has 0 saturated carbocycles. The van der Waals surface area contributed by atoms with Crippen LogP contribution >= 0.6 is 12.2 Å². The Morgan fingerprint density at radius 3 is 3.06 bits per heavy atom. The van der Waals surface area contributed by atoms with E-state index in [1.807, 2.05) is 7.05 Å². The van der Waals surface area contributed by atoms with Crippen molar-refractivity contribution >= 4 is 23.0 Å². The monoisotopic (exact) mass is 235 g/mol. The van der Waals surface area contributed by atoms with Crippen molar-refractivity contribution in [1.29, 1.82) is 0 Å². The number of hydrogen-bond acceptors (Lipinski definition) is 2. The fourth-order valence-electron chi connectivity index (χ4n) is 1.87. The summed E-state index contributed by atoms with van der Waals surface area (Å²) in [5.74, 6) is 0. The maximum Gasteiger partial charge on any atom is 0.173 e. The average molecular weight is 235 g/mol. The summed E-state index contributed by atoms with van der Waals surface area (Å²) in [4.78, 5) is 2.15. The first-order chi connectivity index (χ1) is 7.81. The van der Waals surface area contributed by atoms with Crippen LogP contribution < -0.4 is 15.5 Å². The minimum absolute atomic E-state index is 0.839. The summed E-state index contributed by atoms with van der Waals surface area (Å²) in [6, 6.07) is 8.59. The third-order valence-corrected chi connectivity index (χ3v) is 3.11. The summed E-state index contributed by atoms with van der Waals surface area (Å²) in [6.45, 7) is 2.92. The molecule has 1 aliphatic heterocycles. The van der Waals surface area contributed by atoms with Crippen molar-refractivity contribution in [2.45, 2.75) is 6.42 Å². The SMILES string of the molecule is CNCCc1cccc(N2CCNC2=S)c1. The topological polar surface area (TPSA) is 27.3 Å². The van der Waals surface area contributed by atoms with Gasteiger partial charge in [-0.05, 0) is 49.9 Å². The first-order valence-corrected chi connectivity index (χ1v) is 6.01. The number of nitrogens with one attached hydrogen (secondary N) is 2.